The first-order chi connectivity index (χ1) is 6.81. The van der Waals surface area contributed by atoms with Crippen LogP contribution in [0.15, 0.2) is 18.2 Å². The Labute approximate surface area is 90.1 Å². The van der Waals surface area contributed by atoms with E-state index in [2.05, 4.69) is 25.1 Å². The molecule has 0 aliphatic carbocycles. The van der Waals surface area contributed by atoms with Crippen LogP contribution >= 0.6 is 11.8 Å². The Morgan fingerprint density at radius 3 is 3.14 bits per heavy atom. The van der Waals surface area contributed by atoms with Crippen LogP contribution in [0.5, 0.6) is 0 Å². The molecule has 1 aliphatic rings. The summed E-state index contributed by atoms with van der Waals surface area (Å²) in [5, 5.41) is 0. The van der Waals surface area contributed by atoms with Crippen LogP contribution < -0.4 is 5.73 Å². The molecule has 1 heterocycles. The molecule has 0 amide bonds. The summed E-state index contributed by atoms with van der Waals surface area (Å²) in [7, 11) is 0. The maximum Gasteiger partial charge on any atom is 0.0305 e. The van der Waals surface area contributed by atoms with Gasteiger partial charge >= 0.3 is 0 Å². The smallest absolute Gasteiger partial charge is 0.0305 e. The van der Waals surface area contributed by atoms with Crippen molar-refractivity contribution >= 4 is 11.8 Å². The number of benzene rings is 1. The van der Waals surface area contributed by atoms with Gasteiger partial charge in [0.25, 0.3) is 0 Å². The lowest BCUT2D eigenvalue weighted by Crippen LogP contribution is -2.11. The van der Waals surface area contributed by atoms with Gasteiger partial charge in [0.1, 0.15) is 0 Å². The minimum Gasteiger partial charge on any atom is -0.324 e. The standard InChI is InChI=1S/C12H17NS/c1-2-9-3-4-10-8-14-6-5-12(13)11(10)7-9/h3-4,7,12H,2,5-6,8,13H2,1H3. The Kier molecular flexibility index (Phi) is 3.14. The molecule has 0 saturated carbocycles. The highest BCUT2D eigenvalue weighted by atomic mass is 32.2. The molecule has 2 N–H and O–H groups in total. The van der Waals surface area contributed by atoms with E-state index in [-0.39, 0.29) is 6.04 Å². The molecule has 1 nitrogen and oxygen atoms in total. The first kappa shape index (κ1) is 10.1. The second-order valence-electron chi connectivity index (χ2n) is 3.83. The molecule has 14 heavy (non-hydrogen) atoms. The Hall–Kier alpha value is -0.470. The maximum atomic E-state index is 6.16. The summed E-state index contributed by atoms with van der Waals surface area (Å²) in [6.45, 7) is 2.19. The van der Waals surface area contributed by atoms with E-state index >= 15 is 0 Å². The number of aryl methyl sites for hydroxylation is 1. The van der Waals surface area contributed by atoms with Gasteiger partial charge in [-0.15, -0.1) is 0 Å². The van der Waals surface area contributed by atoms with E-state index in [9.17, 15) is 0 Å². The zero-order valence-corrected chi connectivity index (χ0v) is 9.44. The van der Waals surface area contributed by atoms with E-state index in [1.54, 1.807) is 0 Å². The molecule has 1 aliphatic heterocycles. The van der Waals surface area contributed by atoms with Crippen molar-refractivity contribution in [3.63, 3.8) is 0 Å². The predicted octanol–water partition coefficient (Wildman–Crippen LogP) is 2.89. The molecule has 76 valence electrons. The van der Waals surface area contributed by atoms with Crippen LogP contribution in [-0.2, 0) is 12.2 Å². The van der Waals surface area contributed by atoms with E-state index < -0.39 is 0 Å². The Morgan fingerprint density at radius 1 is 1.50 bits per heavy atom. The SMILES string of the molecule is CCc1ccc2c(c1)C(N)CCSC2. The van der Waals surface area contributed by atoms with Gasteiger partial charge < -0.3 is 5.73 Å². The molecule has 1 aromatic rings. The minimum atomic E-state index is 0.256. The molecule has 1 unspecified atom stereocenters. The first-order valence-electron chi connectivity index (χ1n) is 5.26. The lowest BCUT2D eigenvalue weighted by Gasteiger charge is -2.13. The molecule has 0 aromatic heterocycles. The third kappa shape index (κ3) is 1.96. The van der Waals surface area contributed by atoms with Crippen LogP contribution in [0.3, 0.4) is 0 Å². The lowest BCUT2D eigenvalue weighted by molar-refractivity contribution is 0.704. The van der Waals surface area contributed by atoms with Crippen molar-refractivity contribution in [2.45, 2.75) is 31.6 Å². The first-order valence-corrected chi connectivity index (χ1v) is 6.41. The van der Waals surface area contributed by atoms with Gasteiger partial charge in [0, 0.05) is 11.8 Å². The molecular weight excluding hydrogens is 190 g/mol. The summed E-state index contributed by atoms with van der Waals surface area (Å²) in [5.74, 6) is 2.32. The number of rotatable bonds is 1. The number of nitrogens with two attached hydrogens (primary N) is 1. The predicted molar refractivity (Wildman–Crippen MR) is 63.5 cm³/mol. The number of fused-ring (bicyclic) bond motifs is 1. The molecule has 1 aromatic carbocycles. The second-order valence-corrected chi connectivity index (χ2v) is 4.94. The molecule has 0 fully saturated rings. The van der Waals surface area contributed by atoms with Crippen molar-refractivity contribution in [2.75, 3.05) is 5.75 Å². The quantitative estimate of drug-likeness (QED) is 0.766. The highest BCUT2D eigenvalue weighted by molar-refractivity contribution is 7.98. The highest BCUT2D eigenvalue weighted by Gasteiger charge is 2.15. The van der Waals surface area contributed by atoms with E-state index in [0.29, 0.717) is 0 Å². The summed E-state index contributed by atoms with van der Waals surface area (Å²) in [4.78, 5) is 0. The molecule has 2 rings (SSSR count). The van der Waals surface area contributed by atoms with Crippen molar-refractivity contribution in [3.8, 4) is 0 Å². The van der Waals surface area contributed by atoms with Crippen LogP contribution in [0.2, 0.25) is 0 Å². The minimum absolute atomic E-state index is 0.256. The normalized spacial score (nSPS) is 21.4. The van der Waals surface area contributed by atoms with E-state index in [1.807, 2.05) is 11.8 Å². The Morgan fingerprint density at radius 2 is 2.36 bits per heavy atom. The van der Waals surface area contributed by atoms with Crippen LogP contribution in [0.25, 0.3) is 0 Å². The Balaban J connectivity index is 2.39. The molecule has 0 saturated heterocycles. The molecular formula is C12H17NS. The fourth-order valence-electron chi connectivity index (χ4n) is 1.89. The van der Waals surface area contributed by atoms with Crippen LogP contribution in [0.4, 0.5) is 0 Å². The summed E-state index contributed by atoms with van der Waals surface area (Å²) in [6, 6.07) is 7.04. The monoisotopic (exact) mass is 207 g/mol. The van der Waals surface area contributed by atoms with Gasteiger partial charge in [-0.05, 0) is 35.3 Å². The van der Waals surface area contributed by atoms with Crippen LogP contribution in [-0.4, -0.2) is 5.75 Å². The highest BCUT2D eigenvalue weighted by Crippen LogP contribution is 2.29. The van der Waals surface area contributed by atoms with Gasteiger partial charge in [0.15, 0.2) is 0 Å². The van der Waals surface area contributed by atoms with Crippen molar-refractivity contribution in [2.24, 2.45) is 5.73 Å². The molecule has 0 bridgehead atoms. The van der Waals surface area contributed by atoms with Gasteiger partial charge in [-0.2, -0.15) is 11.8 Å². The molecule has 1 atom stereocenters. The average molecular weight is 207 g/mol. The number of hydrogen-bond acceptors (Lipinski definition) is 2. The van der Waals surface area contributed by atoms with Crippen LogP contribution in [0, 0.1) is 0 Å². The van der Waals surface area contributed by atoms with Crippen LogP contribution in [0.1, 0.15) is 36.1 Å². The molecule has 0 radical (unpaired) electrons. The van der Waals surface area contributed by atoms with Crippen molar-refractivity contribution in [1.82, 2.24) is 0 Å². The van der Waals surface area contributed by atoms with Crippen molar-refractivity contribution in [3.05, 3.63) is 34.9 Å². The van der Waals surface area contributed by atoms with Crippen molar-refractivity contribution in [1.29, 1.82) is 0 Å². The Bertz CT molecular complexity index is 322. The van der Waals surface area contributed by atoms with Gasteiger partial charge in [-0.25, -0.2) is 0 Å². The summed E-state index contributed by atoms with van der Waals surface area (Å²) in [5.41, 5.74) is 10.4. The third-order valence-corrected chi connectivity index (χ3v) is 3.89. The zero-order chi connectivity index (χ0) is 9.97. The van der Waals surface area contributed by atoms with Gasteiger partial charge in [0.05, 0.1) is 0 Å². The summed E-state index contributed by atoms with van der Waals surface area (Å²) in [6.07, 6.45) is 2.22. The van der Waals surface area contributed by atoms with Gasteiger partial charge in [-0.3, -0.25) is 0 Å². The molecule has 0 spiro atoms. The number of thioether (sulfide) groups is 1. The fraction of sp³-hybridized carbons (Fsp3) is 0.500. The third-order valence-electron chi connectivity index (χ3n) is 2.85. The summed E-state index contributed by atoms with van der Waals surface area (Å²) < 4.78 is 0. The van der Waals surface area contributed by atoms with Gasteiger partial charge in [-0.1, -0.05) is 25.1 Å². The number of hydrogen-bond donors (Lipinski definition) is 1. The lowest BCUT2D eigenvalue weighted by atomic mass is 9.97. The average Bonchev–Trinajstić information content (AvgIpc) is 2.40. The fourth-order valence-corrected chi connectivity index (χ4v) is 2.94. The second kappa shape index (κ2) is 4.37. The molecule has 2 heteroatoms. The van der Waals surface area contributed by atoms with E-state index in [4.69, 9.17) is 5.73 Å². The van der Waals surface area contributed by atoms with E-state index in [0.717, 1.165) is 18.6 Å². The largest absolute Gasteiger partial charge is 0.324 e. The maximum absolute atomic E-state index is 6.16. The zero-order valence-electron chi connectivity index (χ0n) is 8.62. The van der Waals surface area contributed by atoms with Crippen molar-refractivity contribution < 1.29 is 0 Å². The van der Waals surface area contributed by atoms with E-state index in [1.165, 1.54) is 22.4 Å². The topological polar surface area (TPSA) is 26.0 Å². The van der Waals surface area contributed by atoms with Gasteiger partial charge in [0.2, 0.25) is 0 Å². The summed E-state index contributed by atoms with van der Waals surface area (Å²) >= 11 is 2.00.